The molecule has 0 radical (unpaired) electrons. The Morgan fingerprint density at radius 3 is 2.32 bits per heavy atom. The summed E-state index contributed by atoms with van der Waals surface area (Å²) >= 11 is 0. The molecule has 0 fully saturated rings. The molecule has 0 bridgehead atoms. The third-order valence-corrected chi connectivity index (χ3v) is 3.74. The van der Waals surface area contributed by atoms with Crippen molar-refractivity contribution in [2.24, 2.45) is 12.8 Å². The highest BCUT2D eigenvalue weighted by atomic mass is 16.2. The minimum absolute atomic E-state index is 0.0576. The van der Waals surface area contributed by atoms with Gasteiger partial charge >= 0.3 is 0 Å². The van der Waals surface area contributed by atoms with Crippen molar-refractivity contribution in [3.05, 3.63) is 17.0 Å². The lowest BCUT2D eigenvalue weighted by Crippen LogP contribution is -2.43. The van der Waals surface area contributed by atoms with E-state index in [1.165, 1.54) is 0 Å². The maximum absolute atomic E-state index is 12.8. The summed E-state index contributed by atoms with van der Waals surface area (Å²) in [5.41, 5.74) is 8.09. The molecule has 0 saturated carbocycles. The first-order chi connectivity index (χ1) is 8.97. The number of amides is 1. The summed E-state index contributed by atoms with van der Waals surface area (Å²) in [6, 6.07) is 0.245. The van der Waals surface area contributed by atoms with Crippen LogP contribution in [0.4, 0.5) is 0 Å². The van der Waals surface area contributed by atoms with Gasteiger partial charge in [-0.2, -0.15) is 5.10 Å². The van der Waals surface area contributed by atoms with E-state index in [4.69, 9.17) is 5.73 Å². The molecule has 0 atom stereocenters. The molecular formula is C14H26N4O. The Bertz CT molecular complexity index is 435. The van der Waals surface area contributed by atoms with Crippen molar-refractivity contribution in [3.63, 3.8) is 0 Å². The Morgan fingerprint density at radius 2 is 1.95 bits per heavy atom. The maximum Gasteiger partial charge on any atom is 0.257 e. The van der Waals surface area contributed by atoms with Gasteiger partial charge in [0, 0.05) is 31.9 Å². The second kappa shape index (κ2) is 6.70. The molecule has 5 heteroatoms. The van der Waals surface area contributed by atoms with Crippen molar-refractivity contribution in [3.8, 4) is 0 Å². The lowest BCUT2D eigenvalue weighted by molar-refractivity contribution is 0.0672. The van der Waals surface area contributed by atoms with Crippen molar-refractivity contribution in [1.82, 2.24) is 14.7 Å². The SMILES string of the molecule is CCC(CC)N(CCN)C(=O)c1c(C)nn(C)c1C. The van der Waals surface area contributed by atoms with Crippen LogP contribution in [0.3, 0.4) is 0 Å². The Kier molecular flexibility index (Phi) is 5.54. The van der Waals surface area contributed by atoms with Crippen molar-refractivity contribution >= 4 is 5.91 Å². The Labute approximate surface area is 115 Å². The van der Waals surface area contributed by atoms with Crippen LogP contribution in [0.5, 0.6) is 0 Å². The number of rotatable bonds is 6. The Balaban J connectivity index is 3.12. The van der Waals surface area contributed by atoms with Gasteiger partial charge in [0.15, 0.2) is 0 Å². The summed E-state index contributed by atoms with van der Waals surface area (Å²) in [6.07, 6.45) is 1.89. The molecule has 108 valence electrons. The monoisotopic (exact) mass is 266 g/mol. The standard InChI is InChI=1S/C14H26N4O/c1-6-12(7-2)18(9-8-15)14(19)13-10(3)16-17(5)11(13)4/h12H,6-9,15H2,1-5H3. The zero-order chi connectivity index (χ0) is 14.6. The van der Waals surface area contributed by atoms with Gasteiger partial charge in [0.2, 0.25) is 0 Å². The number of aryl methyl sites for hydroxylation is 2. The Morgan fingerprint density at radius 1 is 1.37 bits per heavy atom. The smallest absolute Gasteiger partial charge is 0.257 e. The van der Waals surface area contributed by atoms with Crippen molar-refractivity contribution < 1.29 is 4.79 Å². The topological polar surface area (TPSA) is 64.2 Å². The molecular weight excluding hydrogens is 240 g/mol. The van der Waals surface area contributed by atoms with Gasteiger partial charge in [-0.15, -0.1) is 0 Å². The summed E-state index contributed by atoms with van der Waals surface area (Å²) in [5.74, 6) is 0.0576. The zero-order valence-electron chi connectivity index (χ0n) is 12.7. The number of hydrogen-bond acceptors (Lipinski definition) is 3. The van der Waals surface area contributed by atoms with E-state index in [1.54, 1.807) is 4.68 Å². The van der Waals surface area contributed by atoms with E-state index in [2.05, 4.69) is 18.9 Å². The summed E-state index contributed by atoms with van der Waals surface area (Å²) in [7, 11) is 1.86. The van der Waals surface area contributed by atoms with Crippen LogP contribution < -0.4 is 5.73 Å². The molecule has 1 heterocycles. The molecule has 1 aromatic rings. The van der Waals surface area contributed by atoms with E-state index in [0.29, 0.717) is 13.1 Å². The van der Waals surface area contributed by atoms with Crippen LogP contribution in [0.25, 0.3) is 0 Å². The quantitative estimate of drug-likeness (QED) is 0.851. The first-order valence-corrected chi connectivity index (χ1v) is 6.99. The molecule has 0 aliphatic carbocycles. The number of nitrogens with zero attached hydrogens (tertiary/aromatic N) is 3. The molecule has 1 amide bonds. The van der Waals surface area contributed by atoms with Gasteiger partial charge in [-0.1, -0.05) is 13.8 Å². The first kappa shape index (κ1) is 15.7. The fourth-order valence-corrected chi connectivity index (χ4v) is 2.55. The molecule has 1 rings (SSSR count). The third-order valence-electron chi connectivity index (χ3n) is 3.74. The highest BCUT2D eigenvalue weighted by molar-refractivity contribution is 5.96. The number of nitrogens with two attached hydrogens (primary N) is 1. The van der Waals surface area contributed by atoms with Crippen LogP contribution >= 0.6 is 0 Å². The van der Waals surface area contributed by atoms with E-state index >= 15 is 0 Å². The summed E-state index contributed by atoms with van der Waals surface area (Å²) in [6.45, 7) is 9.11. The predicted octanol–water partition coefficient (Wildman–Crippen LogP) is 1.63. The van der Waals surface area contributed by atoms with E-state index in [-0.39, 0.29) is 11.9 Å². The molecule has 0 unspecified atom stereocenters. The number of hydrogen-bond donors (Lipinski definition) is 1. The van der Waals surface area contributed by atoms with Gasteiger partial charge in [0.25, 0.3) is 5.91 Å². The average Bonchev–Trinajstić information content (AvgIpc) is 2.63. The van der Waals surface area contributed by atoms with Crippen molar-refractivity contribution in [1.29, 1.82) is 0 Å². The van der Waals surface area contributed by atoms with Gasteiger partial charge in [0.1, 0.15) is 0 Å². The molecule has 0 aromatic carbocycles. The molecule has 19 heavy (non-hydrogen) atoms. The molecule has 5 nitrogen and oxygen atoms in total. The molecule has 0 aliphatic heterocycles. The van der Waals surface area contributed by atoms with Gasteiger partial charge < -0.3 is 10.6 Å². The highest BCUT2D eigenvalue weighted by Gasteiger charge is 2.26. The van der Waals surface area contributed by atoms with Crippen molar-refractivity contribution in [2.75, 3.05) is 13.1 Å². The van der Waals surface area contributed by atoms with E-state index in [9.17, 15) is 4.79 Å². The molecule has 2 N–H and O–H groups in total. The third kappa shape index (κ3) is 3.15. The van der Waals surface area contributed by atoms with E-state index < -0.39 is 0 Å². The fraction of sp³-hybridized carbons (Fsp3) is 0.714. The molecule has 0 saturated heterocycles. The van der Waals surface area contributed by atoms with Gasteiger partial charge in [-0.05, 0) is 26.7 Å². The average molecular weight is 266 g/mol. The van der Waals surface area contributed by atoms with Gasteiger partial charge in [0.05, 0.1) is 11.3 Å². The maximum atomic E-state index is 12.8. The second-order valence-electron chi connectivity index (χ2n) is 4.93. The molecule has 0 aliphatic rings. The minimum Gasteiger partial charge on any atom is -0.334 e. The highest BCUT2D eigenvalue weighted by Crippen LogP contribution is 2.18. The lowest BCUT2D eigenvalue weighted by atomic mass is 10.1. The zero-order valence-corrected chi connectivity index (χ0v) is 12.7. The molecule has 1 aromatic heterocycles. The van der Waals surface area contributed by atoms with E-state index in [1.807, 2.05) is 25.8 Å². The Hall–Kier alpha value is -1.36. The minimum atomic E-state index is 0.0576. The normalized spacial score (nSPS) is 11.1. The van der Waals surface area contributed by atoms with Crippen LogP contribution in [0.2, 0.25) is 0 Å². The predicted molar refractivity (Wildman–Crippen MR) is 77.1 cm³/mol. The largest absolute Gasteiger partial charge is 0.334 e. The van der Waals surface area contributed by atoms with E-state index in [0.717, 1.165) is 29.8 Å². The van der Waals surface area contributed by atoms with Gasteiger partial charge in [-0.3, -0.25) is 9.48 Å². The van der Waals surface area contributed by atoms with Crippen LogP contribution in [0, 0.1) is 13.8 Å². The number of carbonyl (C=O) groups is 1. The number of aromatic nitrogens is 2. The fourth-order valence-electron chi connectivity index (χ4n) is 2.55. The van der Waals surface area contributed by atoms with Crippen LogP contribution in [-0.2, 0) is 7.05 Å². The summed E-state index contributed by atoms with van der Waals surface area (Å²) < 4.78 is 1.76. The lowest BCUT2D eigenvalue weighted by Gasteiger charge is -2.30. The molecule has 0 spiro atoms. The second-order valence-corrected chi connectivity index (χ2v) is 4.93. The van der Waals surface area contributed by atoms with Crippen LogP contribution in [-0.4, -0.2) is 39.7 Å². The summed E-state index contributed by atoms with van der Waals surface area (Å²) in [5, 5.41) is 4.32. The van der Waals surface area contributed by atoms with Gasteiger partial charge in [-0.25, -0.2) is 0 Å². The summed E-state index contributed by atoms with van der Waals surface area (Å²) in [4.78, 5) is 14.7. The number of carbonyl (C=O) groups excluding carboxylic acids is 1. The first-order valence-electron chi connectivity index (χ1n) is 6.99. The van der Waals surface area contributed by atoms with Crippen LogP contribution in [0.1, 0.15) is 48.4 Å². The van der Waals surface area contributed by atoms with Crippen molar-refractivity contribution in [2.45, 2.75) is 46.6 Å². The van der Waals surface area contributed by atoms with Crippen LogP contribution in [0.15, 0.2) is 0 Å².